The average Bonchev–Trinajstić information content (AvgIpc) is 2.83. The molecule has 1 aliphatic rings. The van der Waals surface area contributed by atoms with Crippen LogP contribution in [0.4, 0.5) is 4.79 Å². The second-order valence-corrected chi connectivity index (χ2v) is 6.56. The molecule has 1 unspecified atom stereocenters. The lowest BCUT2D eigenvalue weighted by molar-refractivity contribution is -0.132. The summed E-state index contributed by atoms with van der Waals surface area (Å²) in [5.74, 6) is -1.45. The lowest BCUT2D eigenvalue weighted by Gasteiger charge is -2.24. The summed E-state index contributed by atoms with van der Waals surface area (Å²) in [5.41, 5.74) is 0.324. The first-order valence-electron chi connectivity index (χ1n) is 6.87. The summed E-state index contributed by atoms with van der Waals surface area (Å²) in [7, 11) is 0. The maximum Gasteiger partial charge on any atom is 0.414 e. The van der Waals surface area contributed by atoms with Crippen LogP contribution in [-0.2, 0) is 9.53 Å². The minimum atomic E-state index is -1.05. The van der Waals surface area contributed by atoms with Crippen molar-refractivity contribution >= 4 is 23.7 Å². The van der Waals surface area contributed by atoms with E-state index >= 15 is 0 Å². The molecule has 1 amide bonds. The van der Waals surface area contributed by atoms with Gasteiger partial charge in [0.1, 0.15) is 5.60 Å². The average molecular weight is 324 g/mol. The monoisotopic (exact) mass is 323 g/mol. The normalized spacial score (nSPS) is 18.1. The Kier molecular flexibility index (Phi) is 4.47. The van der Waals surface area contributed by atoms with Gasteiger partial charge in [-0.05, 0) is 38.5 Å². The highest BCUT2D eigenvalue weighted by Crippen LogP contribution is 2.33. The van der Waals surface area contributed by atoms with Crippen LogP contribution in [0.1, 0.15) is 32.3 Å². The molecule has 1 atom stereocenters. The number of carbonyl (C=O) groups is 2. The van der Waals surface area contributed by atoms with Crippen molar-refractivity contribution in [2.45, 2.75) is 32.3 Å². The molecule has 1 aromatic carbocycles. The summed E-state index contributed by atoms with van der Waals surface area (Å²) in [6.07, 6.45) is 0.790. The van der Waals surface area contributed by atoms with Crippen molar-refractivity contribution in [3.8, 4) is 0 Å². The largest absolute Gasteiger partial charge is 0.478 e. The number of carbonyl (C=O) groups excluding carboxylic acids is 1. The number of hydrogen-bond donors (Lipinski definition) is 1. The van der Waals surface area contributed by atoms with E-state index in [1.54, 1.807) is 45.0 Å². The molecule has 0 bridgehead atoms. The number of hydrogen-bond acceptors (Lipinski definition) is 3. The van der Waals surface area contributed by atoms with Crippen molar-refractivity contribution in [3.05, 3.63) is 46.6 Å². The first-order valence-corrected chi connectivity index (χ1v) is 7.25. The quantitative estimate of drug-likeness (QED) is 0.902. The number of ether oxygens (including phenoxy) is 1. The molecule has 0 saturated heterocycles. The Hall–Kier alpha value is -2.01. The zero-order chi connectivity index (χ0) is 16.5. The molecule has 6 heteroatoms. The van der Waals surface area contributed by atoms with Crippen LogP contribution < -0.4 is 0 Å². The third-order valence-corrected chi connectivity index (χ3v) is 3.45. The predicted molar refractivity (Wildman–Crippen MR) is 82.9 cm³/mol. The standard InChI is InChI=1S/C16H18ClNO4/c1-16(2,3)22-15(21)18-8-12(13(9-18)14(19)20)10-4-6-11(17)7-5-10/h4-7,9,12H,8H2,1-3H3,(H,19,20). The molecule has 1 aromatic rings. The number of nitrogens with zero attached hydrogens (tertiary/aromatic N) is 1. The van der Waals surface area contributed by atoms with Gasteiger partial charge in [0, 0.05) is 23.7 Å². The first kappa shape index (κ1) is 16.4. The smallest absolute Gasteiger partial charge is 0.414 e. The zero-order valence-electron chi connectivity index (χ0n) is 12.7. The highest BCUT2D eigenvalue weighted by Gasteiger charge is 2.34. The lowest BCUT2D eigenvalue weighted by atomic mass is 9.94. The molecule has 0 radical (unpaired) electrons. The fourth-order valence-corrected chi connectivity index (χ4v) is 2.36. The molecule has 1 aliphatic heterocycles. The van der Waals surface area contributed by atoms with Gasteiger partial charge in [-0.1, -0.05) is 23.7 Å². The van der Waals surface area contributed by atoms with Gasteiger partial charge in [0.25, 0.3) is 0 Å². The Morgan fingerprint density at radius 3 is 2.36 bits per heavy atom. The van der Waals surface area contributed by atoms with Gasteiger partial charge in [0.2, 0.25) is 0 Å². The van der Waals surface area contributed by atoms with E-state index in [1.807, 2.05) is 0 Å². The summed E-state index contributed by atoms with van der Waals surface area (Å²) >= 11 is 5.85. The van der Waals surface area contributed by atoms with Crippen molar-refractivity contribution in [3.63, 3.8) is 0 Å². The molecule has 0 aliphatic carbocycles. The first-order chi connectivity index (χ1) is 10.2. The van der Waals surface area contributed by atoms with Gasteiger partial charge >= 0.3 is 12.1 Å². The number of carboxylic acid groups (broad SMARTS) is 1. The van der Waals surface area contributed by atoms with Crippen LogP contribution >= 0.6 is 11.6 Å². The fourth-order valence-electron chi connectivity index (χ4n) is 2.24. The minimum absolute atomic E-state index is 0.160. The third-order valence-electron chi connectivity index (χ3n) is 3.20. The highest BCUT2D eigenvalue weighted by atomic mass is 35.5. The molecule has 0 fully saturated rings. The van der Waals surface area contributed by atoms with Crippen LogP contribution in [0.2, 0.25) is 5.02 Å². The van der Waals surface area contributed by atoms with Crippen LogP contribution in [0.25, 0.3) is 0 Å². The van der Waals surface area contributed by atoms with Gasteiger partial charge < -0.3 is 9.84 Å². The van der Waals surface area contributed by atoms with E-state index in [9.17, 15) is 14.7 Å². The second kappa shape index (κ2) is 6.01. The molecule has 1 heterocycles. The van der Waals surface area contributed by atoms with E-state index in [1.165, 1.54) is 11.1 Å². The van der Waals surface area contributed by atoms with E-state index in [0.29, 0.717) is 5.02 Å². The Morgan fingerprint density at radius 1 is 1.27 bits per heavy atom. The van der Waals surface area contributed by atoms with Gasteiger partial charge in [-0.2, -0.15) is 0 Å². The van der Waals surface area contributed by atoms with E-state index in [2.05, 4.69) is 0 Å². The fraction of sp³-hybridized carbons (Fsp3) is 0.375. The predicted octanol–water partition coefficient (Wildman–Crippen LogP) is 3.64. The van der Waals surface area contributed by atoms with E-state index < -0.39 is 23.6 Å². The summed E-state index contributed by atoms with van der Waals surface area (Å²) < 4.78 is 5.28. The van der Waals surface area contributed by atoms with E-state index in [4.69, 9.17) is 16.3 Å². The topological polar surface area (TPSA) is 66.8 Å². The Labute approximate surface area is 134 Å². The Bertz CT molecular complexity index is 616. The molecule has 0 saturated carbocycles. The van der Waals surface area contributed by atoms with Crippen molar-refractivity contribution in [2.24, 2.45) is 0 Å². The number of halogens is 1. The summed E-state index contributed by atoms with van der Waals surface area (Å²) in [4.78, 5) is 24.8. The highest BCUT2D eigenvalue weighted by molar-refractivity contribution is 6.30. The summed E-state index contributed by atoms with van der Waals surface area (Å²) in [5, 5.41) is 9.93. The van der Waals surface area contributed by atoms with Crippen molar-refractivity contribution in [2.75, 3.05) is 6.54 Å². The number of benzene rings is 1. The van der Waals surface area contributed by atoms with Gasteiger partial charge in [-0.3, -0.25) is 4.90 Å². The second-order valence-electron chi connectivity index (χ2n) is 6.13. The molecular formula is C16H18ClNO4. The number of aliphatic carboxylic acids is 1. The maximum absolute atomic E-state index is 12.1. The van der Waals surface area contributed by atoms with E-state index in [0.717, 1.165) is 5.56 Å². The number of rotatable bonds is 2. The SMILES string of the molecule is CC(C)(C)OC(=O)N1C=C(C(=O)O)C(c2ccc(Cl)cc2)C1. The van der Waals surface area contributed by atoms with Gasteiger partial charge in [-0.15, -0.1) is 0 Å². The van der Waals surface area contributed by atoms with Crippen LogP contribution in [0.5, 0.6) is 0 Å². The zero-order valence-corrected chi connectivity index (χ0v) is 13.4. The molecule has 0 aromatic heterocycles. The van der Waals surface area contributed by atoms with Crippen LogP contribution in [0.3, 0.4) is 0 Å². The lowest BCUT2D eigenvalue weighted by Crippen LogP contribution is -2.33. The molecular weight excluding hydrogens is 306 g/mol. The third kappa shape index (κ3) is 3.80. The van der Waals surface area contributed by atoms with Crippen molar-refractivity contribution in [1.29, 1.82) is 0 Å². The molecule has 118 valence electrons. The molecule has 1 N–H and O–H groups in total. The summed E-state index contributed by atoms with van der Waals surface area (Å²) in [6.45, 7) is 5.52. The molecule has 22 heavy (non-hydrogen) atoms. The number of amides is 1. The van der Waals surface area contributed by atoms with Crippen LogP contribution in [0, 0.1) is 0 Å². The number of carboxylic acids is 1. The maximum atomic E-state index is 12.1. The van der Waals surface area contributed by atoms with Gasteiger partial charge in [0.05, 0.1) is 5.57 Å². The summed E-state index contributed by atoms with van der Waals surface area (Å²) in [6, 6.07) is 6.93. The molecule has 2 rings (SSSR count). The minimum Gasteiger partial charge on any atom is -0.478 e. The Balaban J connectivity index is 2.24. The van der Waals surface area contributed by atoms with Crippen molar-refractivity contribution < 1.29 is 19.4 Å². The molecule has 5 nitrogen and oxygen atoms in total. The van der Waals surface area contributed by atoms with Crippen LogP contribution in [0.15, 0.2) is 36.0 Å². The Morgan fingerprint density at radius 2 is 1.86 bits per heavy atom. The van der Waals surface area contributed by atoms with Gasteiger partial charge in [-0.25, -0.2) is 9.59 Å². The van der Waals surface area contributed by atoms with Gasteiger partial charge in [0.15, 0.2) is 0 Å². The van der Waals surface area contributed by atoms with Crippen molar-refractivity contribution in [1.82, 2.24) is 4.90 Å². The molecule has 0 spiro atoms. The van der Waals surface area contributed by atoms with E-state index in [-0.39, 0.29) is 12.1 Å². The van der Waals surface area contributed by atoms with Crippen LogP contribution in [-0.4, -0.2) is 34.2 Å².